The summed E-state index contributed by atoms with van der Waals surface area (Å²) in [5, 5.41) is 10.5. The van der Waals surface area contributed by atoms with Gasteiger partial charge in [0.05, 0.1) is 6.10 Å². The number of rotatable bonds is 2. The van der Waals surface area contributed by atoms with E-state index in [1.807, 2.05) is 11.8 Å². The van der Waals surface area contributed by atoms with Gasteiger partial charge in [0.1, 0.15) is 0 Å². The Morgan fingerprint density at radius 1 is 0.905 bits per heavy atom. The zero-order valence-corrected chi connectivity index (χ0v) is 15.2. The molecule has 2 heteroatoms. The second-order valence-electron chi connectivity index (χ2n) is 8.40. The molecule has 1 aromatic rings. The first-order chi connectivity index (χ1) is 9.57. The Balaban J connectivity index is 2.36. The van der Waals surface area contributed by atoms with Crippen LogP contribution in [0.15, 0.2) is 23.1 Å². The third-order valence-electron chi connectivity index (χ3n) is 4.34. The van der Waals surface area contributed by atoms with Crippen LogP contribution >= 0.6 is 11.8 Å². The second kappa shape index (κ2) is 5.96. The van der Waals surface area contributed by atoms with Crippen LogP contribution in [0.5, 0.6) is 0 Å². The fourth-order valence-corrected chi connectivity index (χ4v) is 4.07. The van der Waals surface area contributed by atoms with Gasteiger partial charge in [-0.3, -0.25) is 0 Å². The van der Waals surface area contributed by atoms with Crippen LogP contribution in [0.2, 0.25) is 0 Å². The number of hydrogen-bond donors (Lipinski definition) is 1. The van der Waals surface area contributed by atoms with Gasteiger partial charge in [0, 0.05) is 10.1 Å². The molecule has 2 rings (SSSR count). The summed E-state index contributed by atoms with van der Waals surface area (Å²) < 4.78 is 0. The van der Waals surface area contributed by atoms with E-state index < -0.39 is 0 Å². The van der Waals surface area contributed by atoms with Gasteiger partial charge in [-0.05, 0) is 53.4 Å². The van der Waals surface area contributed by atoms with Crippen molar-refractivity contribution in [1.29, 1.82) is 0 Å². The summed E-state index contributed by atoms with van der Waals surface area (Å²) in [6, 6.07) is 7.00. The van der Waals surface area contributed by atoms with Crippen LogP contribution in [-0.2, 0) is 10.8 Å². The van der Waals surface area contributed by atoms with Crippen molar-refractivity contribution in [3.63, 3.8) is 0 Å². The molecular formula is C19H30OS. The van der Waals surface area contributed by atoms with Gasteiger partial charge in [-0.15, -0.1) is 11.8 Å². The first kappa shape index (κ1) is 16.9. The lowest BCUT2D eigenvalue weighted by Crippen LogP contribution is -2.18. The molecule has 1 fully saturated rings. The van der Waals surface area contributed by atoms with Crippen molar-refractivity contribution in [3.8, 4) is 0 Å². The average molecular weight is 307 g/mol. The number of aliphatic hydroxyl groups is 1. The van der Waals surface area contributed by atoms with Crippen LogP contribution < -0.4 is 0 Å². The Morgan fingerprint density at radius 3 is 1.81 bits per heavy atom. The van der Waals surface area contributed by atoms with E-state index in [1.165, 1.54) is 16.0 Å². The maximum atomic E-state index is 10.1. The quantitative estimate of drug-likeness (QED) is 0.801. The highest BCUT2D eigenvalue weighted by Crippen LogP contribution is 2.39. The zero-order valence-electron chi connectivity index (χ0n) is 14.4. The van der Waals surface area contributed by atoms with Crippen LogP contribution in [-0.4, -0.2) is 16.5 Å². The fourth-order valence-electron chi connectivity index (χ4n) is 2.75. The summed E-state index contributed by atoms with van der Waals surface area (Å²) in [5.74, 6) is 0. The maximum absolute atomic E-state index is 10.1. The molecule has 0 aliphatic heterocycles. The molecule has 21 heavy (non-hydrogen) atoms. The first-order valence-electron chi connectivity index (χ1n) is 8.08. The van der Waals surface area contributed by atoms with Gasteiger partial charge in [0.15, 0.2) is 0 Å². The van der Waals surface area contributed by atoms with Gasteiger partial charge in [-0.25, -0.2) is 0 Å². The van der Waals surface area contributed by atoms with Crippen molar-refractivity contribution in [1.82, 2.24) is 0 Å². The number of thioether (sulfide) groups is 1. The summed E-state index contributed by atoms with van der Waals surface area (Å²) in [7, 11) is 0. The molecule has 1 aliphatic rings. The number of benzene rings is 1. The van der Waals surface area contributed by atoms with Gasteiger partial charge in [-0.1, -0.05) is 47.6 Å². The van der Waals surface area contributed by atoms with Crippen molar-refractivity contribution >= 4 is 11.8 Å². The Labute approximate surface area is 134 Å². The summed E-state index contributed by atoms with van der Waals surface area (Å²) >= 11 is 1.87. The largest absolute Gasteiger partial charge is 0.392 e. The summed E-state index contributed by atoms with van der Waals surface area (Å²) in [6.07, 6.45) is 3.12. The van der Waals surface area contributed by atoms with Gasteiger partial charge in [0.2, 0.25) is 0 Å². The lowest BCUT2D eigenvalue weighted by Gasteiger charge is -2.27. The van der Waals surface area contributed by atoms with Gasteiger partial charge in [0.25, 0.3) is 0 Å². The zero-order chi connectivity index (χ0) is 15.8. The van der Waals surface area contributed by atoms with Crippen molar-refractivity contribution in [3.05, 3.63) is 29.3 Å². The summed E-state index contributed by atoms with van der Waals surface area (Å²) in [5.41, 5.74) is 3.10. The van der Waals surface area contributed by atoms with Gasteiger partial charge < -0.3 is 5.11 Å². The predicted octanol–water partition coefficient (Wildman–Crippen LogP) is 5.29. The molecule has 0 amide bonds. The summed E-state index contributed by atoms with van der Waals surface area (Å²) in [6.45, 7) is 13.6. The van der Waals surface area contributed by atoms with Crippen LogP contribution in [0.3, 0.4) is 0 Å². The highest BCUT2D eigenvalue weighted by Gasteiger charge is 2.27. The monoisotopic (exact) mass is 306 g/mol. The molecule has 0 heterocycles. The smallest absolute Gasteiger partial charge is 0.0662 e. The predicted molar refractivity (Wildman–Crippen MR) is 93.3 cm³/mol. The normalized spacial score (nSPS) is 23.6. The van der Waals surface area contributed by atoms with Crippen molar-refractivity contribution in [2.75, 3.05) is 0 Å². The minimum atomic E-state index is -0.133. The first-order valence-corrected chi connectivity index (χ1v) is 8.96. The molecule has 0 saturated heterocycles. The minimum absolute atomic E-state index is 0.133. The molecule has 0 unspecified atom stereocenters. The fraction of sp³-hybridized carbons (Fsp3) is 0.684. The van der Waals surface area contributed by atoms with E-state index in [1.54, 1.807) is 0 Å². The highest BCUT2D eigenvalue weighted by atomic mass is 32.2. The summed E-state index contributed by atoms with van der Waals surface area (Å²) in [4.78, 5) is 1.32. The van der Waals surface area contributed by atoms with E-state index >= 15 is 0 Å². The molecule has 1 N–H and O–H groups in total. The molecular weight excluding hydrogens is 276 g/mol. The maximum Gasteiger partial charge on any atom is 0.0662 e. The van der Waals surface area contributed by atoms with Gasteiger partial charge >= 0.3 is 0 Å². The van der Waals surface area contributed by atoms with E-state index in [-0.39, 0.29) is 16.9 Å². The molecule has 1 saturated carbocycles. The highest BCUT2D eigenvalue weighted by molar-refractivity contribution is 8.00. The molecule has 0 aromatic heterocycles. The van der Waals surface area contributed by atoms with E-state index in [2.05, 4.69) is 59.7 Å². The van der Waals surface area contributed by atoms with E-state index in [4.69, 9.17) is 0 Å². The molecule has 0 spiro atoms. The molecule has 1 nitrogen and oxygen atoms in total. The van der Waals surface area contributed by atoms with Crippen LogP contribution in [0.1, 0.15) is 71.9 Å². The molecule has 0 radical (unpaired) electrons. The minimum Gasteiger partial charge on any atom is -0.392 e. The Kier molecular flexibility index (Phi) is 4.80. The average Bonchev–Trinajstić information content (AvgIpc) is 2.72. The molecule has 0 bridgehead atoms. The van der Waals surface area contributed by atoms with Crippen LogP contribution in [0.25, 0.3) is 0 Å². The van der Waals surface area contributed by atoms with Gasteiger partial charge in [-0.2, -0.15) is 0 Å². The lowest BCUT2D eigenvalue weighted by atomic mass is 9.81. The number of aliphatic hydroxyl groups excluding tert-OH is 1. The molecule has 2 atom stereocenters. The van der Waals surface area contributed by atoms with Crippen molar-refractivity contribution in [2.45, 2.75) is 87.9 Å². The SMILES string of the molecule is CC(C)(C)c1cc(S[C@@H]2CCC[C@H]2O)cc(C(C)(C)C)c1. The molecule has 1 aromatic carbocycles. The van der Waals surface area contributed by atoms with E-state index in [0.717, 1.165) is 19.3 Å². The third kappa shape index (κ3) is 4.26. The lowest BCUT2D eigenvalue weighted by molar-refractivity contribution is 0.188. The standard InChI is InChI=1S/C19H30OS/c1-18(2,3)13-10-14(19(4,5)6)12-15(11-13)21-17-9-7-8-16(17)20/h10-12,16-17,20H,7-9H2,1-6H3/t16-,17-/m1/s1. The number of hydrogen-bond acceptors (Lipinski definition) is 2. The Morgan fingerprint density at radius 2 is 1.43 bits per heavy atom. The van der Waals surface area contributed by atoms with Crippen LogP contribution in [0, 0.1) is 0 Å². The second-order valence-corrected chi connectivity index (χ2v) is 9.71. The van der Waals surface area contributed by atoms with E-state index in [9.17, 15) is 5.11 Å². The van der Waals surface area contributed by atoms with Crippen molar-refractivity contribution in [2.24, 2.45) is 0 Å². The molecule has 1 aliphatic carbocycles. The topological polar surface area (TPSA) is 20.2 Å². The van der Waals surface area contributed by atoms with Crippen molar-refractivity contribution < 1.29 is 5.11 Å². The third-order valence-corrected chi connectivity index (χ3v) is 5.70. The van der Waals surface area contributed by atoms with E-state index in [0.29, 0.717) is 5.25 Å². The van der Waals surface area contributed by atoms with Crippen LogP contribution in [0.4, 0.5) is 0 Å². The molecule has 118 valence electrons. The Bertz CT molecular complexity index is 461. The Hall–Kier alpha value is -0.470.